The Morgan fingerprint density at radius 3 is 2.81 bits per heavy atom. The second-order valence-electron chi connectivity index (χ2n) is 5.30. The molecule has 3 nitrogen and oxygen atoms in total. The van der Waals surface area contributed by atoms with Crippen LogP contribution in [-0.2, 0) is 19.5 Å². The summed E-state index contributed by atoms with van der Waals surface area (Å²) in [6.07, 6.45) is 6.75. The number of imidazole rings is 1. The van der Waals surface area contributed by atoms with Crippen molar-refractivity contribution in [3.8, 4) is 0 Å². The Morgan fingerprint density at radius 2 is 2.05 bits per heavy atom. The number of hydrogen-bond donors (Lipinski definition) is 1. The van der Waals surface area contributed by atoms with Crippen LogP contribution in [0.25, 0.3) is 0 Å². The number of hydrogen-bond acceptors (Lipinski definition) is 2. The van der Waals surface area contributed by atoms with Gasteiger partial charge < -0.3 is 9.88 Å². The fourth-order valence-corrected chi connectivity index (χ4v) is 2.45. The largest absolute Gasteiger partial charge is 0.335 e. The molecule has 0 unspecified atom stereocenters. The van der Waals surface area contributed by atoms with Crippen LogP contribution in [0.2, 0.25) is 0 Å². The first-order chi connectivity index (χ1) is 10.2. The van der Waals surface area contributed by atoms with Crippen LogP contribution in [-0.4, -0.2) is 16.1 Å². The summed E-state index contributed by atoms with van der Waals surface area (Å²) in [6, 6.07) is 5.04. The number of aryl methyl sites for hydroxylation is 1. The fraction of sp³-hybridized carbons (Fsp3) is 0.471. The van der Waals surface area contributed by atoms with Crippen molar-refractivity contribution in [3.05, 3.63) is 53.4 Å². The van der Waals surface area contributed by atoms with Crippen LogP contribution in [0, 0.1) is 5.82 Å². The predicted molar refractivity (Wildman–Crippen MR) is 83.7 cm³/mol. The Hall–Kier alpha value is -1.68. The van der Waals surface area contributed by atoms with Crippen LogP contribution in [0.3, 0.4) is 0 Å². The van der Waals surface area contributed by atoms with Gasteiger partial charge in [-0.2, -0.15) is 0 Å². The molecule has 2 aromatic rings. The molecule has 0 amide bonds. The van der Waals surface area contributed by atoms with Crippen LogP contribution in [0.5, 0.6) is 0 Å². The first-order valence-electron chi connectivity index (χ1n) is 7.72. The monoisotopic (exact) mass is 289 g/mol. The zero-order chi connectivity index (χ0) is 15.1. The van der Waals surface area contributed by atoms with Crippen molar-refractivity contribution >= 4 is 0 Å². The van der Waals surface area contributed by atoms with E-state index in [0.29, 0.717) is 6.54 Å². The van der Waals surface area contributed by atoms with Gasteiger partial charge in [0, 0.05) is 31.9 Å². The van der Waals surface area contributed by atoms with Gasteiger partial charge in [0.25, 0.3) is 0 Å². The molecule has 0 radical (unpaired) electrons. The predicted octanol–water partition coefficient (Wildman–Crippen LogP) is 3.52. The van der Waals surface area contributed by atoms with Crippen molar-refractivity contribution in [3.63, 3.8) is 0 Å². The van der Waals surface area contributed by atoms with Gasteiger partial charge in [-0.25, -0.2) is 9.37 Å². The molecular weight excluding hydrogens is 265 g/mol. The Kier molecular flexibility index (Phi) is 5.93. The number of halogens is 1. The lowest BCUT2D eigenvalue weighted by atomic mass is 10.0. The van der Waals surface area contributed by atoms with Crippen LogP contribution < -0.4 is 5.32 Å². The third kappa shape index (κ3) is 4.39. The highest BCUT2D eigenvalue weighted by atomic mass is 19.1. The Morgan fingerprint density at radius 1 is 1.19 bits per heavy atom. The molecule has 114 valence electrons. The topological polar surface area (TPSA) is 29.9 Å². The Bertz CT molecular complexity index is 563. The second kappa shape index (κ2) is 7.93. The highest BCUT2D eigenvalue weighted by molar-refractivity contribution is 5.30. The zero-order valence-corrected chi connectivity index (χ0v) is 12.9. The zero-order valence-electron chi connectivity index (χ0n) is 12.9. The van der Waals surface area contributed by atoms with Crippen molar-refractivity contribution in [2.75, 3.05) is 6.54 Å². The summed E-state index contributed by atoms with van der Waals surface area (Å²) in [5.41, 5.74) is 2.16. The average Bonchev–Trinajstić information content (AvgIpc) is 2.90. The molecule has 0 aliphatic carbocycles. The maximum atomic E-state index is 13.5. The second-order valence-corrected chi connectivity index (χ2v) is 5.30. The average molecular weight is 289 g/mol. The maximum Gasteiger partial charge on any atom is 0.123 e. The number of rotatable bonds is 8. The lowest BCUT2D eigenvalue weighted by Gasteiger charge is -2.12. The van der Waals surface area contributed by atoms with Gasteiger partial charge in [-0.15, -0.1) is 0 Å². The van der Waals surface area contributed by atoms with Crippen LogP contribution in [0.4, 0.5) is 4.39 Å². The molecule has 1 N–H and O–H groups in total. The molecule has 1 aromatic heterocycles. The van der Waals surface area contributed by atoms with E-state index in [2.05, 4.69) is 28.7 Å². The lowest BCUT2D eigenvalue weighted by molar-refractivity contribution is 0.614. The van der Waals surface area contributed by atoms with Crippen molar-refractivity contribution in [2.24, 2.45) is 0 Å². The quantitative estimate of drug-likeness (QED) is 0.754. The summed E-state index contributed by atoms with van der Waals surface area (Å²) >= 11 is 0. The Labute approximate surface area is 126 Å². The van der Waals surface area contributed by atoms with E-state index in [-0.39, 0.29) is 5.82 Å². The van der Waals surface area contributed by atoms with E-state index >= 15 is 0 Å². The molecule has 4 heteroatoms. The molecule has 0 saturated carbocycles. The van der Waals surface area contributed by atoms with E-state index in [1.807, 2.05) is 18.5 Å². The van der Waals surface area contributed by atoms with E-state index in [1.54, 1.807) is 6.07 Å². The van der Waals surface area contributed by atoms with Gasteiger partial charge in [0.15, 0.2) is 0 Å². The van der Waals surface area contributed by atoms with E-state index in [1.165, 1.54) is 6.07 Å². The molecule has 0 bridgehead atoms. The van der Waals surface area contributed by atoms with Gasteiger partial charge in [0.2, 0.25) is 0 Å². The summed E-state index contributed by atoms with van der Waals surface area (Å²) in [6.45, 7) is 6.90. The molecule has 21 heavy (non-hydrogen) atoms. The lowest BCUT2D eigenvalue weighted by Crippen LogP contribution is -2.16. The van der Waals surface area contributed by atoms with Gasteiger partial charge in [-0.3, -0.25) is 0 Å². The highest BCUT2D eigenvalue weighted by Gasteiger charge is 2.09. The van der Waals surface area contributed by atoms with Crippen molar-refractivity contribution in [1.29, 1.82) is 0 Å². The van der Waals surface area contributed by atoms with Gasteiger partial charge in [0.05, 0.1) is 0 Å². The van der Waals surface area contributed by atoms with Crippen LogP contribution in [0.1, 0.15) is 43.6 Å². The number of aromatic nitrogens is 2. The molecule has 2 rings (SSSR count). The molecule has 0 aliphatic rings. The summed E-state index contributed by atoms with van der Waals surface area (Å²) < 4.78 is 15.7. The van der Waals surface area contributed by atoms with Crippen molar-refractivity contribution in [1.82, 2.24) is 14.9 Å². The summed E-state index contributed by atoms with van der Waals surface area (Å²) in [5, 5.41) is 3.34. The minimum absolute atomic E-state index is 0.177. The van der Waals surface area contributed by atoms with Gasteiger partial charge in [-0.05, 0) is 42.6 Å². The molecule has 0 saturated heterocycles. The smallest absolute Gasteiger partial charge is 0.123 e. The minimum Gasteiger partial charge on any atom is -0.335 e. The molecule has 0 aliphatic heterocycles. The van der Waals surface area contributed by atoms with Crippen LogP contribution >= 0.6 is 0 Å². The van der Waals surface area contributed by atoms with Crippen LogP contribution in [0.15, 0.2) is 30.6 Å². The molecule has 1 heterocycles. The molecular formula is C17H24FN3. The summed E-state index contributed by atoms with van der Waals surface area (Å²) in [4.78, 5) is 4.44. The molecule has 1 aromatic carbocycles. The third-order valence-electron chi connectivity index (χ3n) is 3.53. The van der Waals surface area contributed by atoms with E-state index in [9.17, 15) is 4.39 Å². The maximum absolute atomic E-state index is 13.5. The van der Waals surface area contributed by atoms with E-state index in [4.69, 9.17) is 0 Å². The SMILES string of the molecule is CCCNCc1cc(F)ccc1Cc1nccn1CCC. The standard InChI is InChI=1S/C17H24FN3/c1-3-7-19-13-15-11-16(18)6-5-14(15)12-17-20-8-10-21(17)9-4-2/h5-6,8,10-11,19H,3-4,7,9,12-13H2,1-2H3. The highest BCUT2D eigenvalue weighted by Crippen LogP contribution is 2.16. The van der Waals surface area contributed by atoms with Crippen molar-refractivity contribution < 1.29 is 4.39 Å². The number of nitrogens with zero attached hydrogens (tertiary/aromatic N) is 2. The Balaban J connectivity index is 2.16. The molecule has 0 atom stereocenters. The van der Waals surface area contributed by atoms with Gasteiger partial charge >= 0.3 is 0 Å². The van der Waals surface area contributed by atoms with E-state index in [0.717, 1.165) is 49.3 Å². The minimum atomic E-state index is -0.177. The molecule has 0 spiro atoms. The summed E-state index contributed by atoms with van der Waals surface area (Å²) in [7, 11) is 0. The van der Waals surface area contributed by atoms with Crippen molar-refractivity contribution in [2.45, 2.75) is 46.2 Å². The first-order valence-corrected chi connectivity index (χ1v) is 7.72. The summed E-state index contributed by atoms with van der Waals surface area (Å²) in [5.74, 6) is 0.865. The normalized spacial score (nSPS) is 11.0. The number of benzene rings is 1. The van der Waals surface area contributed by atoms with E-state index < -0.39 is 0 Å². The number of nitrogens with one attached hydrogen (secondary N) is 1. The van der Waals surface area contributed by atoms with Gasteiger partial charge in [0.1, 0.15) is 11.6 Å². The van der Waals surface area contributed by atoms with Gasteiger partial charge in [-0.1, -0.05) is 19.9 Å². The third-order valence-corrected chi connectivity index (χ3v) is 3.53. The molecule has 0 fully saturated rings. The first kappa shape index (κ1) is 15.7. The fourth-order valence-electron chi connectivity index (χ4n) is 2.45.